The lowest BCUT2D eigenvalue weighted by atomic mass is 10.0. The van der Waals surface area contributed by atoms with E-state index in [9.17, 15) is 13.2 Å². The topological polar surface area (TPSA) is 103 Å². The van der Waals surface area contributed by atoms with Crippen molar-refractivity contribution in [2.75, 3.05) is 20.3 Å². The van der Waals surface area contributed by atoms with Crippen LogP contribution in [0, 0.1) is 12.8 Å². The first-order valence-electron chi connectivity index (χ1n) is 11.4. The molecule has 4 rings (SSSR count). The number of amidine groups is 1. The van der Waals surface area contributed by atoms with E-state index in [4.69, 9.17) is 14.2 Å². The molecule has 0 radical (unpaired) electrons. The largest absolute Gasteiger partial charge is 0.467 e. The smallest absolute Gasteiger partial charge is 0.331 e. The number of aryl methyl sites for hydroxylation is 1. The van der Waals surface area contributed by atoms with Gasteiger partial charge in [0.1, 0.15) is 5.84 Å². The molecule has 182 valence electrons. The minimum absolute atomic E-state index is 0.129. The van der Waals surface area contributed by atoms with Crippen LogP contribution < -0.4 is 4.72 Å². The average molecular weight is 487 g/mol. The SMILES string of the molecule is COC(=O)[C@H](Cc1ccccc1)N=C(NS(=O)(=O)c1ccc(C)cc1)[C@@H]1CCC2(C1)OCCO2. The molecule has 1 aliphatic heterocycles. The summed E-state index contributed by atoms with van der Waals surface area (Å²) in [5, 5.41) is 0. The zero-order chi connectivity index (χ0) is 24.2. The maximum Gasteiger partial charge on any atom is 0.331 e. The Morgan fingerprint density at radius 1 is 1.15 bits per heavy atom. The van der Waals surface area contributed by atoms with Crippen LogP contribution in [0.2, 0.25) is 0 Å². The van der Waals surface area contributed by atoms with Crippen molar-refractivity contribution in [3.05, 3.63) is 65.7 Å². The fourth-order valence-electron chi connectivity index (χ4n) is 4.42. The summed E-state index contributed by atoms with van der Waals surface area (Å²) in [7, 11) is -2.61. The van der Waals surface area contributed by atoms with E-state index < -0.39 is 27.8 Å². The Balaban J connectivity index is 1.67. The Morgan fingerprint density at radius 3 is 2.47 bits per heavy atom. The Labute approximate surface area is 200 Å². The molecule has 1 spiro atoms. The Kier molecular flexibility index (Phi) is 7.35. The van der Waals surface area contributed by atoms with E-state index in [1.54, 1.807) is 24.3 Å². The number of nitrogens with one attached hydrogen (secondary N) is 1. The van der Waals surface area contributed by atoms with Crippen molar-refractivity contribution in [3.63, 3.8) is 0 Å². The summed E-state index contributed by atoms with van der Waals surface area (Å²) in [4.78, 5) is 17.4. The summed E-state index contributed by atoms with van der Waals surface area (Å²) in [6, 6.07) is 15.1. The molecule has 2 aliphatic rings. The van der Waals surface area contributed by atoms with Gasteiger partial charge in [-0.25, -0.2) is 13.2 Å². The number of ether oxygens (including phenoxy) is 3. The monoisotopic (exact) mass is 486 g/mol. The lowest BCUT2D eigenvalue weighted by Crippen LogP contribution is -2.39. The van der Waals surface area contributed by atoms with Crippen LogP contribution in [-0.2, 0) is 35.4 Å². The predicted molar refractivity (Wildman–Crippen MR) is 127 cm³/mol. The summed E-state index contributed by atoms with van der Waals surface area (Å²) in [6.07, 6.45) is 1.99. The molecule has 2 aromatic carbocycles. The Bertz CT molecular complexity index is 1130. The van der Waals surface area contributed by atoms with Gasteiger partial charge in [0, 0.05) is 25.2 Å². The van der Waals surface area contributed by atoms with E-state index >= 15 is 0 Å². The van der Waals surface area contributed by atoms with E-state index in [0.717, 1.165) is 11.1 Å². The molecule has 0 unspecified atom stereocenters. The molecule has 1 saturated heterocycles. The van der Waals surface area contributed by atoms with Crippen LogP contribution >= 0.6 is 0 Å². The first kappa shape index (κ1) is 24.4. The molecule has 2 aromatic rings. The van der Waals surface area contributed by atoms with Crippen molar-refractivity contribution in [1.82, 2.24) is 4.72 Å². The number of hydrogen-bond acceptors (Lipinski definition) is 7. The quantitative estimate of drug-likeness (QED) is 0.367. The molecule has 0 aromatic heterocycles. The van der Waals surface area contributed by atoms with Crippen LogP contribution in [0.5, 0.6) is 0 Å². The molecule has 1 aliphatic carbocycles. The third-order valence-electron chi connectivity index (χ3n) is 6.24. The number of hydrogen-bond donors (Lipinski definition) is 1. The molecule has 1 saturated carbocycles. The van der Waals surface area contributed by atoms with E-state index in [1.807, 2.05) is 37.3 Å². The van der Waals surface area contributed by atoms with Gasteiger partial charge in [0.2, 0.25) is 0 Å². The third-order valence-corrected chi connectivity index (χ3v) is 7.61. The predicted octanol–water partition coefficient (Wildman–Crippen LogP) is 3.00. The Hall–Kier alpha value is -2.75. The van der Waals surface area contributed by atoms with Gasteiger partial charge >= 0.3 is 5.97 Å². The average Bonchev–Trinajstić information content (AvgIpc) is 3.48. The van der Waals surface area contributed by atoms with Gasteiger partial charge in [0.15, 0.2) is 11.8 Å². The summed E-state index contributed by atoms with van der Waals surface area (Å²) >= 11 is 0. The highest BCUT2D eigenvalue weighted by atomic mass is 32.2. The molecule has 1 N–H and O–H groups in total. The zero-order valence-electron chi connectivity index (χ0n) is 19.4. The molecule has 9 heteroatoms. The van der Waals surface area contributed by atoms with Crippen LogP contribution in [0.1, 0.15) is 30.4 Å². The number of nitrogens with zero attached hydrogens (tertiary/aromatic N) is 1. The van der Waals surface area contributed by atoms with E-state index in [1.165, 1.54) is 7.11 Å². The highest BCUT2D eigenvalue weighted by Gasteiger charge is 2.46. The molecule has 0 bridgehead atoms. The second-order valence-electron chi connectivity index (χ2n) is 8.71. The highest BCUT2D eigenvalue weighted by Crippen LogP contribution is 2.41. The molecule has 2 fully saturated rings. The fourth-order valence-corrected chi connectivity index (χ4v) is 5.53. The fraction of sp³-hybridized carbons (Fsp3) is 0.440. The highest BCUT2D eigenvalue weighted by molar-refractivity contribution is 7.90. The molecule has 8 nitrogen and oxygen atoms in total. The molecule has 2 atom stereocenters. The second-order valence-corrected chi connectivity index (χ2v) is 10.4. The third kappa shape index (κ3) is 5.65. The molecular formula is C25H30N2O6S. The normalized spacial score (nSPS) is 20.9. The second kappa shape index (κ2) is 10.2. The Morgan fingerprint density at radius 2 is 1.82 bits per heavy atom. The van der Waals surface area contributed by atoms with Crippen LogP contribution in [0.4, 0.5) is 0 Å². The standard InChI is InChI=1S/C25H30N2O6S/c1-18-8-10-21(11-9-18)34(29,30)27-23(20-12-13-25(17-20)32-14-15-33-25)26-22(24(28)31-2)16-19-6-4-3-5-7-19/h3-11,20,22H,12-17H2,1-2H3,(H,26,27)/t20-,22+/m1/s1. The summed E-state index contributed by atoms with van der Waals surface area (Å²) < 4.78 is 45.8. The summed E-state index contributed by atoms with van der Waals surface area (Å²) in [5.41, 5.74) is 1.85. The minimum atomic E-state index is -3.91. The lowest BCUT2D eigenvalue weighted by Gasteiger charge is -2.23. The van der Waals surface area contributed by atoms with Gasteiger partial charge in [-0.3, -0.25) is 9.71 Å². The van der Waals surface area contributed by atoms with Gasteiger partial charge in [-0.15, -0.1) is 0 Å². The van der Waals surface area contributed by atoms with E-state index in [0.29, 0.717) is 32.5 Å². The number of sulfonamides is 1. The molecule has 0 amide bonds. The first-order chi connectivity index (χ1) is 16.3. The van der Waals surface area contributed by atoms with Gasteiger partial charge in [-0.1, -0.05) is 48.0 Å². The van der Waals surface area contributed by atoms with Crippen molar-refractivity contribution >= 4 is 21.8 Å². The number of methoxy groups -OCH3 is 1. The molecule has 34 heavy (non-hydrogen) atoms. The number of carbonyl (C=O) groups excluding carboxylic acids is 1. The zero-order valence-corrected chi connectivity index (χ0v) is 20.2. The number of benzene rings is 2. The van der Waals surface area contributed by atoms with Gasteiger partial charge in [0.25, 0.3) is 10.0 Å². The maximum absolute atomic E-state index is 13.2. The van der Waals surface area contributed by atoms with Crippen LogP contribution in [0.3, 0.4) is 0 Å². The molecule has 1 heterocycles. The van der Waals surface area contributed by atoms with Crippen LogP contribution in [-0.4, -0.2) is 52.4 Å². The maximum atomic E-state index is 13.2. The van der Waals surface area contributed by atoms with Gasteiger partial charge in [-0.05, 0) is 31.0 Å². The van der Waals surface area contributed by atoms with Crippen LogP contribution in [0.25, 0.3) is 0 Å². The van der Waals surface area contributed by atoms with Gasteiger partial charge < -0.3 is 14.2 Å². The number of esters is 1. The molecular weight excluding hydrogens is 456 g/mol. The summed E-state index contributed by atoms with van der Waals surface area (Å²) in [6.45, 7) is 2.90. The van der Waals surface area contributed by atoms with E-state index in [2.05, 4.69) is 9.71 Å². The van der Waals surface area contributed by atoms with Gasteiger partial charge in [-0.2, -0.15) is 0 Å². The first-order valence-corrected chi connectivity index (χ1v) is 12.9. The van der Waals surface area contributed by atoms with Crippen LogP contribution in [0.15, 0.2) is 64.5 Å². The number of carbonyl (C=O) groups is 1. The van der Waals surface area contributed by atoms with Crippen molar-refractivity contribution in [1.29, 1.82) is 0 Å². The summed E-state index contributed by atoms with van der Waals surface area (Å²) in [5.74, 6) is -1.30. The minimum Gasteiger partial charge on any atom is -0.467 e. The number of rotatable bonds is 7. The van der Waals surface area contributed by atoms with Crippen molar-refractivity contribution in [2.45, 2.75) is 49.3 Å². The van der Waals surface area contributed by atoms with E-state index in [-0.39, 0.29) is 23.1 Å². The van der Waals surface area contributed by atoms with Crippen molar-refractivity contribution < 1.29 is 27.4 Å². The van der Waals surface area contributed by atoms with Crippen molar-refractivity contribution in [2.24, 2.45) is 10.9 Å². The lowest BCUT2D eigenvalue weighted by molar-refractivity contribution is -0.151. The van der Waals surface area contributed by atoms with Gasteiger partial charge in [0.05, 0.1) is 25.2 Å². The number of aliphatic imine (C=N–C) groups is 1. The van der Waals surface area contributed by atoms with Crippen molar-refractivity contribution in [3.8, 4) is 0 Å².